The zero-order valence-electron chi connectivity index (χ0n) is 18.7. The molecule has 1 aromatic rings. The molecule has 0 atom stereocenters. The van der Waals surface area contributed by atoms with Gasteiger partial charge in [-0.15, -0.1) is 0 Å². The maximum atomic E-state index is 9.51. The first kappa shape index (κ1) is 21.6. The molecule has 166 valence electrons. The van der Waals surface area contributed by atoms with Crippen LogP contribution in [-0.4, -0.2) is 71.5 Å². The van der Waals surface area contributed by atoms with Gasteiger partial charge in [-0.3, -0.25) is 0 Å². The third-order valence-electron chi connectivity index (χ3n) is 4.96. The summed E-state index contributed by atoms with van der Waals surface area (Å²) in [7, 11) is -2.02. The summed E-state index contributed by atoms with van der Waals surface area (Å²) in [5, 5.41) is 19.0. The number of rotatable bonds is 5. The molecular weight excluding hydrogens is 401 g/mol. The summed E-state index contributed by atoms with van der Waals surface area (Å²) in [5.41, 5.74) is 0.364. The highest BCUT2D eigenvalue weighted by atomic mass is 16.6. The number of nitrogens with zero attached hydrogens (tertiary/aromatic N) is 3. The molecule has 3 aliphatic heterocycles. The van der Waals surface area contributed by atoms with Gasteiger partial charge in [0.1, 0.15) is 25.6 Å². The van der Waals surface area contributed by atoms with Gasteiger partial charge in [0, 0.05) is 0 Å². The fraction of sp³-hybridized carbons (Fsp3) is 0.571. The summed E-state index contributed by atoms with van der Waals surface area (Å²) in [6, 6.07) is 3.36. The van der Waals surface area contributed by atoms with Gasteiger partial charge in [0.25, 0.3) is 0 Å². The lowest BCUT2D eigenvalue weighted by molar-refractivity contribution is 0.273. The van der Waals surface area contributed by atoms with Gasteiger partial charge in [-0.05, 0) is 53.7 Å². The van der Waals surface area contributed by atoms with Gasteiger partial charge in [0.05, 0.1) is 33.3 Å². The Labute approximate surface area is 182 Å². The molecule has 0 bridgehead atoms. The topological polar surface area (TPSA) is 114 Å². The van der Waals surface area contributed by atoms with Crippen LogP contribution >= 0.6 is 0 Å². The Kier molecular flexibility index (Phi) is 5.05. The highest BCUT2D eigenvalue weighted by molar-refractivity contribution is 6.34. The van der Waals surface area contributed by atoms with E-state index in [1.807, 2.05) is 41.5 Å². The van der Waals surface area contributed by atoms with Crippen LogP contribution in [0.2, 0.25) is 0 Å². The van der Waals surface area contributed by atoms with Crippen molar-refractivity contribution in [1.29, 1.82) is 0 Å². The van der Waals surface area contributed by atoms with Crippen LogP contribution in [0.3, 0.4) is 0 Å². The first-order valence-electron chi connectivity index (χ1n) is 10.2. The Morgan fingerprint density at radius 1 is 0.742 bits per heavy atom. The van der Waals surface area contributed by atoms with Crippen molar-refractivity contribution >= 4 is 25.0 Å². The lowest BCUT2D eigenvalue weighted by Crippen LogP contribution is -2.25. The Hall–Kier alpha value is -2.59. The van der Waals surface area contributed by atoms with E-state index in [0.717, 1.165) is 0 Å². The Morgan fingerprint density at radius 2 is 1.19 bits per heavy atom. The van der Waals surface area contributed by atoms with E-state index in [0.29, 0.717) is 54.2 Å². The zero-order valence-corrected chi connectivity index (χ0v) is 18.7. The second kappa shape index (κ2) is 7.24. The van der Waals surface area contributed by atoms with Gasteiger partial charge in [-0.2, -0.15) is 0 Å². The largest absolute Gasteiger partial charge is 0.707 e. The summed E-state index contributed by atoms with van der Waals surface area (Å²) in [6.45, 7) is 13.0. The van der Waals surface area contributed by atoms with Crippen LogP contribution in [0.15, 0.2) is 27.1 Å². The summed E-state index contributed by atoms with van der Waals surface area (Å²) < 4.78 is 23.1. The van der Waals surface area contributed by atoms with Crippen molar-refractivity contribution in [2.75, 3.05) is 19.8 Å². The molecule has 0 radical (unpaired) electrons. The van der Waals surface area contributed by atoms with Crippen molar-refractivity contribution in [1.82, 2.24) is 0 Å². The summed E-state index contributed by atoms with van der Waals surface area (Å²) in [4.78, 5) is 14.1. The number of benzene rings is 1. The zero-order chi connectivity index (χ0) is 22.6. The molecule has 0 aromatic heterocycles. The normalized spacial score (nSPS) is 22.6. The van der Waals surface area contributed by atoms with Crippen molar-refractivity contribution < 1.29 is 28.9 Å². The Morgan fingerprint density at radius 3 is 1.61 bits per heavy atom. The summed E-state index contributed by atoms with van der Waals surface area (Å²) in [6.07, 6.45) is 0. The average Bonchev–Trinajstić information content (AvgIpc) is 3.30. The standard InChI is InChI=1S/C21H28BN3O6/c1-19(2)9-28-16(23-19)12-7-8-13(31-22(26)27)15(18-25-21(5,6)11-30-18)14(12)17-24-20(3,4)10-29-17/h7-8,26-27H,9-11H2,1-6H3. The smallest absolute Gasteiger partial charge is 0.511 e. The number of hydrogen-bond acceptors (Lipinski definition) is 9. The quantitative estimate of drug-likeness (QED) is 0.689. The number of aliphatic imine (C=N–C) groups is 3. The van der Waals surface area contributed by atoms with E-state index in [1.54, 1.807) is 12.1 Å². The molecule has 0 spiro atoms. The molecule has 0 aliphatic carbocycles. The van der Waals surface area contributed by atoms with Gasteiger partial charge in [-0.1, -0.05) is 0 Å². The van der Waals surface area contributed by atoms with Gasteiger partial charge >= 0.3 is 7.32 Å². The number of hydrogen-bond donors (Lipinski definition) is 2. The van der Waals surface area contributed by atoms with Gasteiger partial charge in [-0.25, -0.2) is 15.0 Å². The molecule has 0 amide bonds. The number of ether oxygens (including phenoxy) is 3. The van der Waals surface area contributed by atoms with Crippen LogP contribution in [0, 0.1) is 0 Å². The minimum atomic E-state index is -2.02. The average molecular weight is 429 g/mol. The third kappa shape index (κ3) is 4.40. The highest BCUT2D eigenvalue weighted by Crippen LogP contribution is 2.36. The van der Waals surface area contributed by atoms with E-state index in [4.69, 9.17) is 28.8 Å². The third-order valence-corrected chi connectivity index (χ3v) is 4.96. The molecule has 1 aromatic carbocycles. The minimum absolute atomic E-state index is 0.180. The van der Waals surface area contributed by atoms with Crippen molar-refractivity contribution in [2.24, 2.45) is 15.0 Å². The van der Waals surface area contributed by atoms with Crippen LogP contribution in [0.4, 0.5) is 0 Å². The molecule has 3 aliphatic rings. The first-order valence-corrected chi connectivity index (χ1v) is 10.2. The molecule has 0 unspecified atom stereocenters. The van der Waals surface area contributed by atoms with Crippen molar-refractivity contribution in [3.05, 3.63) is 28.8 Å². The van der Waals surface area contributed by atoms with Crippen LogP contribution in [0.25, 0.3) is 0 Å². The molecule has 2 N–H and O–H groups in total. The molecule has 3 heterocycles. The SMILES string of the molecule is CC1(C)COC(c2ccc(OB(O)O)c(C3=NC(C)(C)CO3)c2C2=NC(C)(C)CO2)=N1. The van der Waals surface area contributed by atoms with Gasteiger partial charge in [0.2, 0.25) is 17.7 Å². The van der Waals surface area contributed by atoms with E-state index in [2.05, 4.69) is 4.99 Å². The Balaban J connectivity index is 1.99. The monoisotopic (exact) mass is 429 g/mol. The fourth-order valence-electron chi connectivity index (χ4n) is 3.56. The van der Waals surface area contributed by atoms with Crippen LogP contribution in [-0.2, 0) is 14.2 Å². The molecule has 0 saturated heterocycles. The van der Waals surface area contributed by atoms with E-state index < -0.39 is 18.4 Å². The fourth-order valence-corrected chi connectivity index (χ4v) is 3.56. The van der Waals surface area contributed by atoms with E-state index in [1.165, 1.54) is 0 Å². The molecule has 4 rings (SSSR count). The summed E-state index contributed by atoms with van der Waals surface area (Å²) in [5.74, 6) is 1.32. The molecule has 10 heteroatoms. The van der Waals surface area contributed by atoms with Crippen molar-refractivity contribution in [2.45, 2.75) is 58.2 Å². The molecule has 9 nitrogen and oxygen atoms in total. The van der Waals surface area contributed by atoms with E-state index in [-0.39, 0.29) is 11.3 Å². The maximum Gasteiger partial charge on any atom is 0.707 e. The van der Waals surface area contributed by atoms with Crippen LogP contribution < -0.4 is 4.65 Å². The van der Waals surface area contributed by atoms with Crippen molar-refractivity contribution in [3.63, 3.8) is 0 Å². The van der Waals surface area contributed by atoms with Crippen LogP contribution in [0.5, 0.6) is 5.75 Å². The van der Waals surface area contributed by atoms with Crippen molar-refractivity contribution in [3.8, 4) is 5.75 Å². The Bertz CT molecular complexity index is 997. The molecule has 0 saturated carbocycles. The van der Waals surface area contributed by atoms with E-state index >= 15 is 0 Å². The predicted molar refractivity (Wildman–Crippen MR) is 117 cm³/mol. The lowest BCUT2D eigenvalue weighted by Gasteiger charge is -2.18. The first-order chi connectivity index (χ1) is 14.4. The van der Waals surface area contributed by atoms with E-state index in [9.17, 15) is 10.0 Å². The highest BCUT2D eigenvalue weighted by Gasteiger charge is 2.39. The second-order valence-corrected chi connectivity index (χ2v) is 9.86. The maximum absolute atomic E-state index is 9.51. The van der Waals surface area contributed by atoms with Gasteiger partial charge < -0.3 is 28.9 Å². The molecular formula is C21H28BN3O6. The van der Waals surface area contributed by atoms with Gasteiger partial charge in [0.15, 0.2) is 0 Å². The molecule has 31 heavy (non-hydrogen) atoms. The lowest BCUT2D eigenvalue weighted by atomic mass is 9.97. The predicted octanol–water partition coefficient (Wildman–Crippen LogP) is 1.70. The minimum Gasteiger partial charge on any atom is -0.511 e. The van der Waals surface area contributed by atoms with Crippen LogP contribution in [0.1, 0.15) is 58.2 Å². The molecule has 0 fully saturated rings. The second-order valence-electron chi connectivity index (χ2n) is 9.86. The summed E-state index contributed by atoms with van der Waals surface area (Å²) >= 11 is 0.